The standard InChI is InChI=1S/C51H95NO5/c1-3-5-7-9-11-13-15-16-17-18-19-20-21-22-24-29-33-37-41-45-51(56)57-46-42-38-34-30-26-25-28-32-36-40-44-50(55)52-48(47-53)49(54)43-39-35-31-27-23-14-12-10-8-6-4-2/h16-17,26,30,39,43,48-49,53-54H,3-15,18-25,27-29,31-38,40-42,44-47H2,1-2H3,(H,52,55)/b17-16-,30-26-,43-39+. The Bertz CT molecular complexity index is 931. The molecule has 0 aromatic heterocycles. The van der Waals surface area contributed by atoms with Gasteiger partial charge in [-0.1, -0.05) is 192 Å². The number of hydrogen-bond donors (Lipinski definition) is 3. The van der Waals surface area contributed by atoms with Gasteiger partial charge in [0.1, 0.15) is 0 Å². The van der Waals surface area contributed by atoms with E-state index in [2.05, 4.69) is 43.5 Å². The van der Waals surface area contributed by atoms with E-state index < -0.39 is 12.1 Å². The highest BCUT2D eigenvalue weighted by atomic mass is 16.5. The molecule has 0 spiro atoms. The van der Waals surface area contributed by atoms with Crippen molar-refractivity contribution in [2.45, 2.75) is 264 Å². The van der Waals surface area contributed by atoms with Gasteiger partial charge in [-0.3, -0.25) is 9.59 Å². The maximum Gasteiger partial charge on any atom is 0.305 e. The number of allylic oxidation sites excluding steroid dienone is 5. The van der Waals surface area contributed by atoms with Gasteiger partial charge >= 0.3 is 5.97 Å². The number of amides is 1. The predicted octanol–water partition coefficient (Wildman–Crippen LogP) is 14.5. The number of unbranched alkanes of at least 4 members (excludes halogenated alkanes) is 30. The number of rotatable bonds is 45. The predicted molar refractivity (Wildman–Crippen MR) is 246 cm³/mol. The molecule has 0 fully saturated rings. The number of carbonyl (C=O) groups is 2. The van der Waals surface area contributed by atoms with Crippen molar-refractivity contribution in [3.63, 3.8) is 0 Å². The minimum absolute atomic E-state index is 0.0400. The Kier molecular flexibility index (Phi) is 45.2. The van der Waals surface area contributed by atoms with Crippen molar-refractivity contribution in [3.05, 3.63) is 36.5 Å². The van der Waals surface area contributed by atoms with Crippen LogP contribution in [0.25, 0.3) is 0 Å². The Labute approximate surface area is 353 Å². The summed E-state index contributed by atoms with van der Waals surface area (Å²) >= 11 is 0. The number of aliphatic hydroxyl groups excluding tert-OH is 2. The molecule has 0 rings (SSSR count). The Hall–Kier alpha value is -1.92. The number of aliphatic hydroxyl groups is 2. The van der Waals surface area contributed by atoms with Gasteiger partial charge < -0.3 is 20.3 Å². The molecule has 1 amide bonds. The van der Waals surface area contributed by atoms with Crippen LogP contribution in [0.2, 0.25) is 0 Å². The van der Waals surface area contributed by atoms with Crippen molar-refractivity contribution in [2.24, 2.45) is 0 Å². The minimum atomic E-state index is -0.865. The number of ether oxygens (including phenoxy) is 1. The van der Waals surface area contributed by atoms with Gasteiger partial charge in [0.15, 0.2) is 0 Å². The van der Waals surface area contributed by atoms with E-state index in [-0.39, 0.29) is 18.5 Å². The van der Waals surface area contributed by atoms with Crippen LogP contribution in [-0.2, 0) is 14.3 Å². The average Bonchev–Trinajstić information content (AvgIpc) is 3.21. The lowest BCUT2D eigenvalue weighted by Gasteiger charge is -2.20. The molecule has 0 aliphatic heterocycles. The topological polar surface area (TPSA) is 95.9 Å². The molecule has 6 nitrogen and oxygen atoms in total. The molecule has 2 unspecified atom stereocenters. The van der Waals surface area contributed by atoms with E-state index in [1.165, 1.54) is 148 Å². The Morgan fingerprint density at radius 2 is 0.825 bits per heavy atom. The maximum atomic E-state index is 12.4. The normalized spacial score (nSPS) is 13.0. The number of hydrogen-bond acceptors (Lipinski definition) is 5. The summed E-state index contributed by atoms with van der Waals surface area (Å²) in [6.07, 6.45) is 55.8. The lowest BCUT2D eigenvalue weighted by atomic mass is 10.1. The van der Waals surface area contributed by atoms with Gasteiger partial charge in [-0.05, 0) is 83.5 Å². The molecule has 334 valence electrons. The van der Waals surface area contributed by atoms with Crippen LogP contribution in [0, 0.1) is 0 Å². The highest BCUT2D eigenvalue weighted by Crippen LogP contribution is 2.14. The Balaban J connectivity index is 3.53. The molecule has 0 aliphatic rings. The summed E-state index contributed by atoms with van der Waals surface area (Å²) in [6, 6.07) is -0.652. The van der Waals surface area contributed by atoms with Crippen molar-refractivity contribution in [1.29, 1.82) is 0 Å². The molecule has 0 bridgehead atoms. The molecule has 0 saturated heterocycles. The van der Waals surface area contributed by atoms with E-state index in [1.807, 2.05) is 6.08 Å². The number of nitrogens with one attached hydrogen (secondary N) is 1. The van der Waals surface area contributed by atoms with Gasteiger partial charge in [0.2, 0.25) is 5.91 Å². The molecule has 0 saturated carbocycles. The smallest absolute Gasteiger partial charge is 0.305 e. The first-order valence-electron chi connectivity index (χ1n) is 24.8. The zero-order valence-corrected chi connectivity index (χ0v) is 37.8. The SMILES string of the molecule is CCCCCCCC/C=C\CCCCCCCCCCCC(=O)OCCCC/C=C\CCCCCCC(=O)NC(CO)C(O)/C=C/CCCCCCCCCCC. The van der Waals surface area contributed by atoms with E-state index in [4.69, 9.17) is 4.74 Å². The third-order valence-electron chi connectivity index (χ3n) is 11.1. The van der Waals surface area contributed by atoms with Crippen LogP contribution >= 0.6 is 0 Å². The van der Waals surface area contributed by atoms with Gasteiger partial charge in [0.05, 0.1) is 25.4 Å². The van der Waals surface area contributed by atoms with Crippen molar-refractivity contribution < 1.29 is 24.5 Å². The molecule has 57 heavy (non-hydrogen) atoms. The van der Waals surface area contributed by atoms with Crippen LogP contribution < -0.4 is 5.32 Å². The van der Waals surface area contributed by atoms with Crippen LogP contribution in [0.4, 0.5) is 0 Å². The maximum absolute atomic E-state index is 12.4. The molecule has 0 radical (unpaired) electrons. The number of carbonyl (C=O) groups excluding carboxylic acids is 2. The van der Waals surface area contributed by atoms with Gasteiger partial charge in [-0.2, -0.15) is 0 Å². The fourth-order valence-electron chi connectivity index (χ4n) is 7.27. The first-order chi connectivity index (χ1) is 28.0. The molecule has 3 N–H and O–H groups in total. The van der Waals surface area contributed by atoms with Crippen molar-refractivity contribution >= 4 is 11.9 Å². The zero-order chi connectivity index (χ0) is 41.5. The molecular weight excluding hydrogens is 707 g/mol. The highest BCUT2D eigenvalue weighted by Gasteiger charge is 2.18. The molecule has 0 aromatic carbocycles. The van der Waals surface area contributed by atoms with E-state index in [1.54, 1.807) is 6.08 Å². The second-order valence-corrected chi connectivity index (χ2v) is 16.8. The van der Waals surface area contributed by atoms with Gasteiger partial charge in [0, 0.05) is 12.8 Å². The van der Waals surface area contributed by atoms with Crippen molar-refractivity contribution in [3.8, 4) is 0 Å². The zero-order valence-electron chi connectivity index (χ0n) is 37.8. The fraction of sp³-hybridized carbons (Fsp3) is 0.843. The Morgan fingerprint density at radius 1 is 0.474 bits per heavy atom. The largest absolute Gasteiger partial charge is 0.466 e. The molecule has 0 heterocycles. The van der Waals surface area contributed by atoms with E-state index in [0.29, 0.717) is 19.4 Å². The van der Waals surface area contributed by atoms with Gasteiger partial charge in [0.25, 0.3) is 0 Å². The summed E-state index contributed by atoms with van der Waals surface area (Å²) in [4.78, 5) is 24.4. The lowest BCUT2D eigenvalue weighted by molar-refractivity contribution is -0.143. The van der Waals surface area contributed by atoms with E-state index in [9.17, 15) is 19.8 Å². The molecular formula is C51H95NO5. The van der Waals surface area contributed by atoms with Crippen LogP contribution in [0.15, 0.2) is 36.5 Å². The first-order valence-corrected chi connectivity index (χ1v) is 24.8. The van der Waals surface area contributed by atoms with Gasteiger partial charge in [-0.25, -0.2) is 0 Å². The summed E-state index contributed by atoms with van der Waals surface area (Å²) < 4.78 is 5.44. The summed E-state index contributed by atoms with van der Waals surface area (Å²) in [6.45, 7) is 4.78. The van der Waals surface area contributed by atoms with Crippen molar-refractivity contribution in [1.82, 2.24) is 5.32 Å². The molecule has 6 heteroatoms. The summed E-state index contributed by atoms with van der Waals surface area (Å²) in [5.74, 6) is -0.146. The van der Waals surface area contributed by atoms with Crippen LogP contribution in [0.1, 0.15) is 251 Å². The quantitative estimate of drug-likeness (QED) is 0.0324. The summed E-state index contributed by atoms with van der Waals surface area (Å²) in [5.41, 5.74) is 0. The van der Waals surface area contributed by atoms with E-state index in [0.717, 1.165) is 77.0 Å². The highest BCUT2D eigenvalue weighted by molar-refractivity contribution is 5.76. The minimum Gasteiger partial charge on any atom is -0.466 e. The Morgan fingerprint density at radius 3 is 1.25 bits per heavy atom. The average molecular weight is 802 g/mol. The second-order valence-electron chi connectivity index (χ2n) is 16.8. The third-order valence-corrected chi connectivity index (χ3v) is 11.1. The third kappa shape index (κ3) is 43.5. The fourth-order valence-corrected chi connectivity index (χ4v) is 7.27. The van der Waals surface area contributed by atoms with Crippen LogP contribution in [0.3, 0.4) is 0 Å². The second kappa shape index (κ2) is 46.8. The first kappa shape index (κ1) is 55.1. The van der Waals surface area contributed by atoms with Crippen LogP contribution in [0.5, 0.6) is 0 Å². The molecule has 0 aliphatic carbocycles. The molecule has 0 aromatic rings. The van der Waals surface area contributed by atoms with Gasteiger partial charge in [-0.15, -0.1) is 0 Å². The monoisotopic (exact) mass is 802 g/mol. The molecule has 2 atom stereocenters. The van der Waals surface area contributed by atoms with Crippen LogP contribution in [-0.4, -0.2) is 47.4 Å². The summed E-state index contributed by atoms with van der Waals surface area (Å²) in [5, 5.41) is 22.9. The summed E-state index contributed by atoms with van der Waals surface area (Å²) in [7, 11) is 0. The lowest BCUT2D eigenvalue weighted by Crippen LogP contribution is -2.45. The van der Waals surface area contributed by atoms with Crippen molar-refractivity contribution in [2.75, 3.05) is 13.2 Å². The van der Waals surface area contributed by atoms with E-state index >= 15 is 0 Å². The number of esters is 1.